The second-order valence-electron chi connectivity index (χ2n) is 10.1. The summed E-state index contributed by atoms with van der Waals surface area (Å²) in [6, 6.07) is 15.7. The van der Waals surface area contributed by atoms with E-state index in [1.807, 2.05) is 33.8 Å². The molecule has 2 aromatic carbocycles. The number of amides is 2. The third-order valence-electron chi connectivity index (χ3n) is 5.69. The standard InChI is InChI=1S/C28H36N4O4S/c1-20(2)17-31(18-21(3)4)28(34)25(29-27(33)22-12-8-7-9-13-22)16-23-19-32(37(35,36)30(5)6)26-15-11-10-14-24(23)26/h7-16,19-21H,17-18H2,1-6H3,(H,29,33)/b25-16-. The number of nitrogens with one attached hydrogen (secondary N) is 1. The molecule has 1 aromatic heterocycles. The quantitative estimate of drug-likeness (QED) is 0.402. The molecule has 8 nitrogen and oxygen atoms in total. The molecule has 198 valence electrons. The lowest BCUT2D eigenvalue weighted by molar-refractivity contribution is -0.128. The molecule has 1 heterocycles. The third kappa shape index (κ3) is 6.67. The van der Waals surface area contributed by atoms with E-state index in [1.165, 1.54) is 24.3 Å². The van der Waals surface area contributed by atoms with E-state index in [-0.39, 0.29) is 23.4 Å². The Balaban J connectivity index is 2.17. The summed E-state index contributed by atoms with van der Waals surface area (Å²) >= 11 is 0. The molecule has 3 rings (SSSR count). The molecule has 3 aromatic rings. The molecule has 0 fully saturated rings. The molecule has 1 N–H and O–H groups in total. The normalized spacial score (nSPS) is 12.5. The van der Waals surface area contributed by atoms with Gasteiger partial charge in [0.2, 0.25) is 0 Å². The summed E-state index contributed by atoms with van der Waals surface area (Å²) in [5.41, 5.74) is 1.48. The van der Waals surface area contributed by atoms with E-state index < -0.39 is 16.1 Å². The lowest BCUT2D eigenvalue weighted by Crippen LogP contribution is -2.42. The van der Waals surface area contributed by atoms with Crippen molar-refractivity contribution >= 4 is 39.0 Å². The molecule has 0 atom stereocenters. The number of benzene rings is 2. The SMILES string of the molecule is CC(C)CN(CC(C)C)C(=O)/C(=C/c1cn(S(=O)(=O)N(C)C)c2ccccc12)NC(=O)c1ccccc1. The van der Waals surface area contributed by atoms with Crippen LogP contribution in [0.3, 0.4) is 0 Å². The molecule has 0 aliphatic carbocycles. The number of nitrogens with zero attached hydrogens (tertiary/aromatic N) is 3. The Kier molecular flexibility index (Phi) is 8.94. The molecule has 0 unspecified atom stereocenters. The molecule has 0 aliphatic rings. The van der Waals surface area contributed by atoms with Gasteiger partial charge in [-0.2, -0.15) is 12.7 Å². The zero-order chi connectivity index (χ0) is 27.3. The van der Waals surface area contributed by atoms with E-state index >= 15 is 0 Å². The van der Waals surface area contributed by atoms with Gasteiger partial charge in [0.1, 0.15) is 5.70 Å². The molecule has 0 saturated carbocycles. The number of hydrogen-bond donors (Lipinski definition) is 1. The average molecular weight is 525 g/mol. The highest BCUT2D eigenvalue weighted by Gasteiger charge is 2.25. The average Bonchev–Trinajstić information content (AvgIpc) is 3.21. The summed E-state index contributed by atoms with van der Waals surface area (Å²) in [7, 11) is -0.889. The van der Waals surface area contributed by atoms with Gasteiger partial charge in [0.05, 0.1) is 5.52 Å². The summed E-state index contributed by atoms with van der Waals surface area (Å²) in [6.07, 6.45) is 3.05. The van der Waals surface area contributed by atoms with Crippen LogP contribution in [0.2, 0.25) is 0 Å². The van der Waals surface area contributed by atoms with E-state index in [0.29, 0.717) is 35.1 Å². The fourth-order valence-corrected chi connectivity index (χ4v) is 5.05. The molecule has 0 aliphatic heterocycles. The van der Waals surface area contributed by atoms with Crippen LogP contribution in [0.25, 0.3) is 17.0 Å². The second kappa shape index (κ2) is 11.7. The van der Waals surface area contributed by atoms with Crippen LogP contribution in [0.15, 0.2) is 66.5 Å². The van der Waals surface area contributed by atoms with Crippen molar-refractivity contribution in [2.45, 2.75) is 27.7 Å². The first-order valence-corrected chi connectivity index (χ1v) is 13.7. The minimum atomic E-state index is -3.81. The Bertz CT molecular complexity index is 1380. The van der Waals surface area contributed by atoms with Crippen molar-refractivity contribution in [2.75, 3.05) is 27.2 Å². The Hall–Kier alpha value is -3.43. The highest BCUT2D eigenvalue weighted by atomic mass is 32.2. The Labute approximate surface area is 219 Å². The van der Waals surface area contributed by atoms with E-state index in [1.54, 1.807) is 59.5 Å². The Morgan fingerprint density at radius 2 is 1.49 bits per heavy atom. The van der Waals surface area contributed by atoms with E-state index in [2.05, 4.69) is 5.32 Å². The lowest BCUT2D eigenvalue weighted by Gasteiger charge is -2.27. The van der Waals surface area contributed by atoms with Gasteiger partial charge in [-0.1, -0.05) is 64.1 Å². The van der Waals surface area contributed by atoms with Gasteiger partial charge in [-0.15, -0.1) is 0 Å². The predicted molar refractivity (Wildman–Crippen MR) is 148 cm³/mol. The van der Waals surface area contributed by atoms with Crippen molar-refractivity contribution in [3.63, 3.8) is 0 Å². The maximum absolute atomic E-state index is 13.8. The van der Waals surface area contributed by atoms with E-state index in [0.717, 1.165) is 4.31 Å². The highest BCUT2D eigenvalue weighted by molar-refractivity contribution is 7.87. The van der Waals surface area contributed by atoms with Crippen LogP contribution in [0.5, 0.6) is 0 Å². The first-order valence-electron chi connectivity index (χ1n) is 12.3. The van der Waals surface area contributed by atoms with Gasteiger partial charge in [-0.05, 0) is 36.1 Å². The summed E-state index contributed by atoms with van der Waals surface area (Å²) in [6.45, 7) is 9.18. The zero-order valence-electron chi connectivity index (χ0n) is 22.3. The summed E-state index contributed by atoms with van der Waals surface area (Å²) < 4.78 is 28.3. The summed E-state index contributed by atoms with van der Waals surface area (Å²) in [5, 5.41) is 3.45. The second-order valence-corrected chi connectivity index (χ2v) is 12.1. The number of aromatic nitrogens is 1. The molecule has 0 bridgehead atoms. The number of fused-ring (bicyclic) bond motifs is 1. The summed E-state index contributed by atoms with van der Waals surface area (Å²) in [4.78, 5) is 28.7. The fourth-order valence-electron chi connectivity index (χ4n) is 4.04. The molecule has 9 heteroatoms. The fraction of sp³-hybridized carbons (Fsp3) is 0.357. The number of rotatable bonds is 10. The summed E-state index contributed by atoms with van der Waals surface area (Å²) in [5.74, 6) is -0.292. The number of hydrogen-bond acceptors (Lipinski definition) is 4. The largest absolute Gasteiger partial charge is 0.337 e. The predicted octanol–water partition coefficient (Wildman–Crippen LogP) is 4.21. The van der Waals surface area contributed by atoms with Crippen LogP contribution in [0.1, 0.15) is 43.6 Å². The minimum absolute atomic E-state index is 0.0836. The van der Waals surface area contributed by atoms with Crippen LogP contribution in [0.4, 0.5) is 0 Å². The van der Waals surface area contributed by atoms with E-state index in [4.69, 9.17) is 0 Å². The zero-order valence-corrected chi connectivity index (χ0v) is 23.1. The molecule has 37 heavy (non-hydrogen) atoms. The first kappa shape index (κ1) is 28.1. The first-order chi connectivity index (χ1) is 17.4. The van der Waals surface area contributed by atoms with Gasteiger partial charge >= 0.3 is 10.2 Å². The van der Waals surface area contributed by atoms with Gasteiger partial charge in [-0.3, -0.25) is 9.59 Å². The van der Waals surface area contributed by atoms with Crippen molar-refractivity contribution in [3.05, 3.63) is 77.6 Å². The third-order valence-corrected chi connectivity index (χ3v) is 7.41. The smallest absolute Gasteiger partial charge is 0.307 e. The van der Waals surface area contributed by atoms with Crippen LogP contribution in [-0.2, 0) is 15.0 Å². The van der Waals surface area contributed by atoms with Gasteiger partial charge in [0.15, 0.2) is 0 Å². The number of para-hydroxylation sites is 1. The van der Waals surface area contributed by atoms with Crippen molar-refractivity contribution in [1.29, 1.82) is 0 Å². The van der Waals surface area contributed by atoms with Gasteiger partial charge in [0, 0.05) is 49.9 Å². The van der Waals surface area contributed by atoms with Crippen molar-refractivity contribution in [1.82, 2.24) is 18.5 Å². The molecule has 2 amide bonds. The van der Waals surface area contributed by atoms with Gasteiger partial charge < -0.3 is 10.2 Å². The topological polar surface area (TPSA) is 91.7 Å². The Morgan fingerprint density at radius 3 is 2.05 bits per heavy atom. The number of carbonyl (C=O) groups excluding carboxylic acids is 2. The van der Waals surface area contributed by atoms with E-state index in [9.17, 15) is 18.0 Å². The van der Waals surface area contributed by atoms with Gasteiger partial charge in [-0.25, -0.2) is 3.97 Å². The van der Waals surface area contributed by atoms with Crippen molar-refractivity contribution in [3.8, 4) is 0 Å². The van der Waals surface area contributed by atoms with Crippen molar-refractivity contribution < 1.29 is 18.0 Å². The van der Waals surface area contributed by atoms with Gasteiger partial charge in [0.25, 0.3) is 11.8 Å². The van der Waals surface area contributed by atoms with Crippen LogP contribution in [-0.4, -0.2) is 60.6 Å². The lowest BCUT2D eigenvalue weighted by atomic mass is 10.1. The minimum Gasteiger partial charge on any atom is -0.337 e. The number of carbonyl (C=O) groups is 2. The van der Waals surface area contributed by atoms with Crippen molar-refractivity contribution in [2.24, 2.45) is 11.8 Å². The molecule has 0 saturated heterocycles. The molecular formula is C28H36N4O4S. The molecular weight excluding hydrogens is 488 g/mol. The monoisotopic (exact) mass is 524 g/mol. The van der Waals surface area contributed by atoms with Crippen LogP contribution < -0.4 is 5.32 Å². The van der Waals surface area contributed by atoms with Crippen LogP contribution >= 0.6 is 0 Å². The maximum Gasteiger partial charge on any atom is 0.307 e. The Morgan fingerprint density at radius 1 is 0.919 bits per heavy atom. The van der Waals surface area contributed by atoms with Crippen LogP contribution in [0, 0.1) is 11.8 Å². The highest BCUT2D eigenvalue weighted by Crippen LogP contribution is 2.26. The maximum atomic E-state index is 13.8. The molecule has 0 radical (unpaired) electrons. The molecule has 0 spiro atoms.